The average molecular weight is 225 g/mol. The molecule has 0 amide bonds. The van der Waals surface area contributed by atoms with Crippen LogP contribution in [0.25, 0.3) is 0 Å². The number of benzene rings is 1. The molecule has 0 heterocycles. The number of nitriles is 1. The first-order valence-corrected chi connectivity index (χ1v) is 5.03. The van der Waals surface area contributed by atoms with Crippen LogP contribution < -0.4 is 5.32 Å². The third kappa shape index (κ3) is 3.88. The van der Waals surface area contributed by atoms with Crippen molar-refractivity contribution in [2.45, 2.75) is 12.6 Å². The van der Waals surface area contributed by atoms with Crippen LogP contribution in [0.2, 0.25) is 5.02 Å². The Balaban J connectivity index is 2.39. The molecule has 0 aliphatic carbocycles. The zero-order valence-corrected chi connectivity index (χ0v) is 9.29. The Bertz CT molecular complexity index is 349. The molecule has 0 aromatic heterocycles. The molecule has 0 bridgehead atoms. The lowest BCUT2D eigenvalue weighted by Gasteiger charge is -2.09. The van der Waals surface area contributed by atoms with Gasteiger partial charge >= 0.3 is 0 Å². The molecular formula is C11H13ClN2O. The summed E-state index contributed by atoms with van der Waals surface area (Å²) in [6.07, 6.45) is 0. The third-order valence-corrected chi connectivity index (χ3v) is 2.37. The molecule has 1 unspecified atom stereocenters. The van der Waals surface area contributed by atoms with Crippen LogP contribution in [-0.4, -0.2) is 19.7 Å². The summed E-state index contributed by atoms with van der Waals surface area (Å²) in [5.41, 5.74) is 0.937. The summed E-state index contributed by atoms with van der Waals surface area (Å²) in [4.78, 5) is 0. The number of likely N-dealkylation sites (N-methyl/N-ethyl adjacent to an activating group) is 1. The number of halogens is 1. The van der Waals surface area contributed by atoms with Crippen LogP contribution >= 0.6 is 11.6 Å². The van der Waals surface area contributed by atoms with E-state index in [4.69, 9.17) is 21.6 Å². The molecule has 0 aliphatic rings. The van der Waals surface area contributed by atoms with Gasteiger partial charge in [-0.3, -0.25) is 0 Å². The highest BCUT2D eigenvalue weighted by Gasteiger charge is 2.04. The number of hydrogen-bond acceptors (Lipinski definition) is 3. The van der Waals surface area contributed by atoms with E-state index in [0.717, 1.165) is 5.56 Å². The Kier molecular flexibility index (Phi) is 5.13. The standard InChI is InChI=1S/C11H13ClN2O/c1-14-10(6-13)8-15-7-9-4-2-3-5-11(9)12/h2-5,10,14H,7-8H2,1H3. The van der Waals surface area contributed by atoms with Gasteiger partial charge in [-0.25, -0.2) is 0 Å². The minimum Gasteiger partial charge on any atom is -0.374 e. The lowest BCUT2D eigenvalue weighted by atomic mass is 10.2. The van der Waals surface area contributed by atoms with Gasteiger partial charge in [-0.1, -0.05) is 29.8 Å². The van der Waals surface area contributed by atoms with Gasteiger partial charge in [0.15, 0.2) is 0 Å². The van der Waals surface area contributed by atoms with E-state index in [0.29, 0.717) is 18.2 Å². The molecule has 0 saturated heterocycles. The highest BCUT2D eigenvalue weighted by Crippen LogP contribution is 2.15. The van der Waals surface area contributed by atoms with Crippen LogP contribution in [-0.2, 0) is 11.3 Å². The first kappa shape index (κ1) is 12.0. The summed E-state index contributed by atoms with van der Waals surface area (Å²) in [5.74, 6) is 0. The zero-order chi connectivity index (χ0) is 11.1. The number of rotatable bonds is 5. The second-order valence-electron chi connectivity index (χ2n) is 3.08. The number of nitrogens with one attached hydrogen (secondary N) is 1. The average Bonchev–Trinajstić information content (AvgIpc) is 2.27. The van der Waals surface area contributed by atoms with Crippen molar-refractivity contribution in [2.24, 2.45) is 0 Å². The van der Waals surface area contributed by atoms with Crippen LogP contribution in [0.4, 0.5) is 0 Å². The van der Waals surface area contributed by atoms with Crippen molar-refractivity contribution >= 4 is 11.6 Å². The summed E-state index contributed by atoms with van der Waals surface area (Å²) < 4.78 is 5.38. The molecule has 0 radical (unpaired) electrons. The Labute approximate surface area is 94.6 Å². The van der Waals surface area contributed by atoms with Crippen molar-refractivity contribution in [3.8, 4) is 6.07 Å². The van der Waals surface area contributed by atoms with Crippen molar-refractivity contribution in [3.05, 3.63) is 34.9 Å². The van der Waals surface area contributed by atoms with Gasteiger partial charge in [0.1, 0.15) is 6.04 Å². The maximum Gasteiger partial charge on any atom is 0.119 e. The SMILES string of the molecule is CNC(C#N)COCc1ccccc1Cl. The molecule has 0 aliphatic heterocycles. The van der Waals surface area contributed by atoms with E-state index in [1.54, 1.807) is 7.05 Å². The second kappa shape index (κ2) is 6.41. The Morgan fingerprint density at radius 1 is 1.53 bits per heavy atom. The monoisotopic (exact) mass is 224 g/mol. The van der Waals surface area contributed by atoms with Gasteiger partial charge in [0.05, 0.1) is 19.3 Å². The molecule has 0 spiro atoms. The van der Waals surface area contributed by atoms with Gasteiger partial charge < -0.3 is 10.1 Å². The van der Waals surface area contributed by atoms with Gasteiger partial charge in [-0.2, -0.15) is 5.26 Å². The van der Waals surface area contributed by atoms with Crippen LogP contribution in [0.3, 0.4) is 0 Å². The quantitative estimate of drug-likeness (QED) is 0.832. The summed E-state index contributed by atoms with van der Waals surface area (Å²) in [6.45, 7) is 0.789. The molecule has 1 rings (SSSR count). The molecule has 1 aromatic carbocycles. The third-order valence-electron chi connectivity index (χ3n) is 2.00. The lowest BCUT2D eigenvalue weighted by molar-refractivity contribution is 0.112. The van der Waals surface area contributed by atoms with E-state index in [1.165, 1.54) is 0 Å². The highest BCUT2D eigenvalue weighted by atomic mass is 35.5. The molecule has 0 saturated carbocycles. The van der Waals surface area contributed by atoms with Crippen molar-refractivity contribution in [1.82, 2.24) is 5.32 Å². The van der Waals surface area contributed by atoms with Crippen LogP contribution in [0.15, 0.2) is 24.3 Å². The van der Waals surface area contributed by atoms with Gasteiger partial charge in [0.25, 0.3) is 0 Å². The number of hydrogen-bond donors (Lipinski definition) is 1. The minimum atomic E-state index is -0.271. The summed E-state index contributed by atoms with van der Waals surface area (Å²) in [5, 5.41) is 12.2. The molecule has 80 valence electrons. The van der Waals surface area contributed by atoms with E-state index in [2.05, 4.69) is 11.4 Å². The maximum absolute atomic E-state index is 8.66. The summed E-state index contributed by atoms with van der Waals surface area (Å²) >= 11 is 5.95. The molecule has 3 nitrogen and oxygen atoms in total. The molecule has 1 atom stereocenters. The minimum absolute atomic E-state index is 0.271. The number of nitrogens with zero attached hydrogens (tertiary/aromatic N) is 1. The highest BCUT2D eigenvalue weighted by molar-refractivity contribution is 6.31. The van der Waals surface area contributed by atoms with E-state index < -0.39 is 0 Å². The first-order chi connectivity index (χ1) is 7.27. The topological polar surface area (TPSA) is 45.0 Å². The Morgan fingerprint density at radius 2 is 2.27 bits per heavy atom. The van der Waals surface area contributed by atoms with E-state index in [-0.39, 0.29) is 6.04 Å². The van der Waals surface area contributed by atoms with Gasteiger partial charge in [0.2, 0.25) is 0 Å². The normalized spacial score (nSPS) is 12.1. The molecule has 15 heavy (non-hydrogen) atoms. The Hall–Kier alpha value is -1.08. The van der Waals surface area contributed by atoms with Crippen LogP contribution in [0.5, 0.6) is 0 Å². The van der Waals surface area contributed by atoms with Crippen molar-refractivity contribution in [2.75, 3.05) is 13.7 Å². The Morgan fingerprint density at radius 3 is 2.87 bits per heavy atom. The second-order valence-corrected chi connectivity index (χ2v) is 3.48. The smallest absolute Gasteiger partial charge is 0.119 e. The van der Waals surface area contributed by atoms with E-state index in [1.807, 2.05) is 24.3 Å². The summed E-state index contributed by atoms with van der Waals surface area (Å²) in [7, 11) is 1.73. The van der Waals surface area contributed by atoms with Gasteiger partial charge in [-0.05, 0) is 18.7 Å². The fourth-order valence-corrected chi connectivity index (χ4v) is 1.28. The van der Waals surface area contributed by atoms with Gasteiger partial charge in [-0.15, -0.1) is 0 Å². The van der Waals surface area contributed by atoms with Crippen molar-refractivity contribution in [3.63, 3.8) is 0 Å². The predicted octanol–water partition coefficient (Wildman–Crippen LogP) is 1.97. The predicted molar refractivity (Wildman–Crippen MR) is 59.6 cm³/mol. The van der Waals surface area contributed by atoms with Crippen molar-refractivity contribution in [1.29, 1.82) is 5.26 Å². The van der Waals surface area contributed by atoms with Crippen LogP contribution in [0.1, 0.15) is 5.56 Å². The van der Waals surface area contributed by atoms with Crippen LogP contribution in [0, 0.1) is 11.3 Å². The van der Waals surface area contributed by atoms with Crippen molar-refractivity contribution < 1.29 is 4.74 Å². The zero-order valence-electron chi connectivity index (χ0n) is 8.53. The molecule has 1 aromatic rings. The number of ether oxygens (including phenoxy) is 1. The first-order valence-electron chi connectivity index (χ1n) is 4.66. The maximum atomic E-state index is 8.66. The summed E-state index contributed by atoms with van der Waals surface area (Å²) in [6, 6.07) is 9.32. The van der Waals surface area contributed by atoms with E-state index in [9.17, 15) is 0 Å². The fourth-order valence-electron chi connectivity index (χ4n) is 1.09. The van der Waals surface area contributed by atoms with E-state index >= 15 is 0 Å². The fraction of sp³-hybridized carbons (Fsp3) is 0.364. The molecular weight excluding hydrogens is 212 g/mol. The van der Waals surface area contributed by atoms with Gasteiger partial charge in [0, 0.05) is 5.02 Å². The molecule has 4 heteroatoms. The molecule has 1 N–H and O–H groups in total. The molecule has 0 fully saturated rings. The largest absolute Gasteiger partial charge is 0.374 e. The lowest BCUT2D eigenvalue weighted by Crippen LogP contribution is -2.28.